The molecule has 0 bridgehead atoms. The summed E-state index contributed by atoms with van der Waals surface area (Å²) in [6.07, 6.45) is 4.99. The predicted molar refractivity (Wildman–Crippen MR) is 103 cm³/mol. The second-order valence-electron chi connectivity index (χ2n) is 6.29. The van der Waals surface area contributed by atoms with Gasteiger partial charge in [-0.25, -0.2) is 0 Å². The van der Waals surface area contributed by atoms with Crippen LogP contribution in [0.3, 0.4) is 0 Å². The Morgan fingerprint density at radius 2 is 1.92 bits per heavy atom. The van der Waals surface area contributed by atoms with Crippen LogP contribution in [0.15, 0.2) is 28.0 Å². The van der Waals surface area contributed by atoms with Crippen LogP contribution in [0.2, 0.25) is 10.0 Å². The average molecular weight is 390 g/mol. The van der Waals surface area contributed by atoms with E-state index in [4.69, 9.17) is 23.2 Å². The number of aliphatic imine (C=N–C) groups is 1. The van der Waals surface area contributed by atoms with E-state index in [-0.39, 0.29) is 17.5 Å². The number of nitrogens with zero attached hydrogens (tertiary/aromatic N) is 3. The molecule has 7 heteroatoms. The molecular formula is C19H17Cl2N3O2. The zero-order chi connectivity index (χ0) is 18.8. The summed E-state index contributed by atoms with van der Waals surface area (Å²) < 4.78 is 1.33. The number of para-hydroxylation sites is 1. The molecule has 1 aromatic heterocycles. The van der Waals surface area contributed by atoms with Gasteiger partial charge in [-0.2, -0.15) is 5.26 Å². The highest BCUT2D eigenvalue weighted by Crippen LogP contribution is 2.35. The van der Waals surface area contributed by atoms with Gasteiger partial charge in [0, 0.05) is 12.3 Å². The summed E-state index contributed by atoms with van der Waals surface area (Å²) in [5.41, 5.74) is 0.635. The number of rotatable bonds is 3. The highest BCUT2D eigenvalue weighted by molar-refractivity contribution is 6.38. The van der Waals surface area contributed by atoms with Crippen LogP contribution in [-0.4, -0.2) is 15.9 Å². The summed E-state index contributed by atoms with van der Waals surface area (Å²) in [7, 11) is 0. The van der Waals surface area contributed by atoms with Gasteiger partial charge in [0.2, 0.25) is 5.88 Å². The summed E-state index contributed by atoms with van der Waals surface area (Å²) in [5, 5.41) is 20.9. The number of benzene rings is 1. The molecule has 1 fully saturated rings. The normalized spacial score (nSPS) is 14.8. The van der Waals surface area contributed by atoms with E-state index >= 15 is 0 Å². The Labute approximate surface area is 161 Å². The van der Waals surface area contributed by atoms with E-state index in [9.17, 15) is 15.2 Å². The van der Waals surface area contributed by atoms with Crippen LogP contribution < -0.4 is 5.56 Å². The van der Waals surface area contributed by atoms with Crippen molar-refractivity contribution < 1.29 is 5.11 Å². The molecule has 0 aliphatic heterocycles. The van der Waals surface area contributed by atoms with Gasteiger partial charge in [-0.1, -0.05) is 42.1 Å². The maximum atomic E-state index is 12.7. The van der Waals surface area contributed by atoms with Gasteiger partial charge < -0.3 is 5.11 Å². The number of hydrogen-bond donors (Lipinski definition) is 1. The fraction of sp³-hybridized carbons (Fsp3) is 0.316. The molecule has 26 heavy (non-hydrogen) atoms. The number of aromatic hydroxyl groups is 1. The third-order valence-corrected chi connectivity index (χ3v) is 5.35. The number of pyridine rings is 1. The summed E-state index contributed by atoms with van der Waals surface area (Å²) in [5.74, 6) is -0.176. The first-order valence-corrected chi connectivity index (χ1v) is 9.07. The van der Waals surface area contributed by atoms with E-state index in [0.29, 0.717) is 26.9 Å². The molecule has 0 spiro atoms. The Kier molecular flexibility index (Phi) is 5.36. The maximum absolute atomic E-state index is 12.7. The summed E-state index contributed by atoms with van der Waals surface area (Å²) in [4.78, 5) is 17.0. The van der Waals surface area contributed by atoms with Gasteiger partial charge in [0.25, 0.3) is 5.56 Å². The van der Waals surface area contributed by atoms with E-state index < -0.39 is 5.56 Å². The molecule has 1 heterocycles. The van der Waals surface area contributed by atoms with Gasteiger partial charge in [0.15, 0.2) is 0 Å². The van der Waals surface area contributed by atoms with Gasteiger partial charge in [-0.15, -0.1) is 0 Å². The molecule has 1 saturated carbocycles. The maximum Gasteiger partial charge on any atom is 0.271 e. The number of aromatic nitrogens is 1. The van der Waals surface area contributed by atoms with Crippen molar-refractivity contribution in [3.05, 3.63) is 55.3 Å². The van der Waals surface area contributed by atoms with Crippen LogP contribution >= 0.6 is 23.2 Å². The molecule has 1 aliphatic rings. The Morgan fingerprint density at radius 3 is 2.50 bits per heavy atom. The van der Waals surface area contributed by atoms with Crippen LogP contribution in [0.25, 0.3) is 0 Å². The SMILES string of the molecule is Cc1c(C=Nc2c(Cl)cccc2Cl)c(O)n(C2CCCC2)c(=O)c1C#N. The van der Waals surface area contributed by atoms with E-state index in [1.807, 2.05) is 6.07 Å². The molecule has 1 N–H and O–H groups in total. The Balaban J connectivity index is 2.18. The minimum atomic E-state index is -0.456. The van der Waals surface area contributed by atoms with Crippen molar-refractivity contribution >= 4 is 35.1 Å². The quantitative estimate of drug-likeness (QED) is 0.757. The largest absolute Gasteiger partial charge is 0.494 e. The molecule has 2 aromatic rings. The van der Waals surface area contributed by atoms with Crippen LogP contribution in [-0.2, 0) is 0 Å². The summed E-state index contributed by atoms with van der Waals surface area (Å²) >= 11 is 12.3. The van der Waals surface area contributed by atoms with Crippen molar-refractivity contribution in [3.63, 3.8) is 0 Å². The van der Waals surface area contributed by atoms with Crippen LogP contribution in [0, 0.1) is 18.3 Å². The van der Waals surface area contributed by atoms with Crippen molar-refractivity contribution in [2.45, 2.75) is 38.6 Å². The lowest BCUT2D eigenvalue weighted by Crippen LogP contribution is -2.28. The van der Waals surface area contributed by atoms with Crippen LogP contribution in [0.5, 0.6) is 5.88 Å². The Morgan fingerprint density at radius 1 is 1.31 bits per heavy atom. The molecule has 134 valence electrons. The van der Waals surface area contributed by atoms with E-state index in [1.54, 1.807) is 25.1 Å². The Hall–Kier alpha value is -2.29. The minimum absolute atomic E-state index is 0.0152. The summed E-state index contributed by atoms with van der Waals surface area (Å²) in [6.45, 7) is 1.62. The first kappa shape index (κ1) is 18.5. The van der Waals surface area contributed by atoms with Crippen LogP contribution in [0.4, 0.5) is 5.69 Å². The van der Waals surface area contributed by atoms with Crippen molar-refractivity contribution in [1.29, 1.82) is 5.26 Å². The molecule has 0 atom stereocenters. The fourth-order valence-corrected chi connectivity index (χ4v) is 3.83. The zero-order valence-corrected chi connectivity index (χ0v) is 15.7. The smallest absolute Gasteiger partial charge is 0.271 e. The molecule has 5 nitrogen and oxygen atoms in total. The van der Waals surface area contributed by atoms with Gasteiger partial charge in [0.05, 0.1) is 15.6 Å². The molecule has 0 amide bonds. The monoisotopic (exact) mass is 389 g/mol. The van der Waals surface area contributed by atoms with Gasteiger partial charge in [-0.05, 0) is 37.5 Å². The van der Waals surface area contributed by atoms with Crippen LogP contribution in [0.1, 0.15) is 48.4 Å². The third kappa shape index (κ3) is 3.23. The highest BCUT2D eigenvalue weighted by atomic mass is 35.5. The summed E-state index contributed by atoms with van der Waals surface area (Å²) in [6, 6.07) is 6.88. The standard InChI is InChI=1S/C19H17Cl2N3O2/c1-11-13(9-22)18(25)24(12-5-2-3-6-12)19(26)14(11)10-23-17-15(20)7-4-8-16(17)21/h4,7-8,10,12,26H,2-3,5-6H2,1H3. The van der Waals surface area contributed by atoms with E-state index in [2.05, 4.69) is 4.99 Å². The molecular weight excluding hydrogens is 373 g/mol. The van der Waals surface area contributed by atoms with E-state index in [1.165, 1.54) is 10.8 Å². The van der Waals surface area contributed by atoms with Crippen molar-refractivity contribution in [2.75, 3.05) is 0 Å². The second-order valence-corrected chi connectivity index (χ2v) is 7.11. The zero-order valence-electron chi connectivity index (χ0n) is 14.2. The molecule has 3 rings (SSSR count). The van der Waals surface area contributed by atoms with E-state index in [0.717, 1.165) is 25.7 Å². The number of nitriles is 1. The van der Waals surface area contributed by atoms with Crippen molar-refractivity contribution in [3.8, 4) is 11.9 Å². The highest BCUT2D eigenvalue weighted by Gasteiger charge is 2.25. The lowest BCUT2D eigenvalue weighted by atomic mass is 10.0. The topological polar surface area (TPSA) is 78.4 Å². The number of halogens is 2. The Bertz CT molecular complexity index is 963. The predicted octanol–water partition coefficient (Wildman–Crippen LogP) is 4.91. The first-order valence-electron chi connectivity index (χ1n) is 8.32. The van der Waals surface area contributed by atoms with Gasteiger partial charge >= 0.3 is 0 Å². The molecule has 0 saturated heterocycles. The molecule has 1 aliphatic carbocycles. The lowest BCUT2D eigenvalue weighted by molar-refractivity contribution is 0.368. The average Bonchev–Trinajstić information content (AvgIpc) is 3.11. The fourth-order valence-electron chi connectivity index (χ4n) is 3.34. The molecule has 0 unspecified atom stereocenters. The molecule has 1 aromatic carbocycles. The lowest BCUT2D eigenvalue weighted by Gasteiger charge is -2.19. The molecule has 0 radical (unpaired) electrons. The van der Waals surface area contributed by atoms with Crippen molar-refractivity contribution in [1.82, 2.24) is 4.57 Å². The number of hydrogen-bond acceptors (Lipinski definition) is 4. The second kappa shape index (κ2) is 7.53. The minimum Gasteiger partial charge on any atom is -0.494 e. The van der Waals surface area contributed by atoms with Crippen molar-refractivity contribution in [2.24, 2.45) is 4.99 Å². The first-order chi connectivity index (χ1) is 12.5. The van der Waals surface area contributed by atoms with Gasteiger partial charge in [-0.3, -0.25) is 14.4 Å². The third-order valence-electron chi connectivity index (χ3n) is 4.74. The van der Waals surface area contributed by atoms with Gasteiger partial charge in [0.1, 0.15) is 17.3 Å².